The Morgan fingerprint density at radius 2 is 2.13 bits per heavy atom. The number of fused-ring (bicyclic) bond motifs is 1. The van der Waals surface area contributed by atoms with Crippen LogP contribution in [0.2, 0.25) is 0 Å². The molecule has 23 heavy (non-hydrogen) atoms. The number of likely N-dealkylation sites (N-methyl/N-ethyl adjacent to an activating group) is 1. The van der Waals surface area contributed by atoms with Crippen LogP contribution in [-0.4, -0.2) is 43.2 Å². The molecule has 0 fully saturated rings. The highest BCUT2D eigenvalue weighted by Crippen LogP contribution is 2.36. The summed E-state index contributed by atoms with van der Waals surface area (Å²) >= 11 is 0. The fourth-order valence-corrected chi connectivity index (χ4v) is 2.65. The number of amides is 1. The third-order valence-electron chi connectivity index (χ3n) is 4.03. The van der Waals surface area contributed by atoms with E-state index in [-0.39, 0.29) is 12.3 Å². The molecule has 0 saturated carbocycles. The number of nitrogens with zero attached hydrogens (tertiary/aromatic N) is 2. The van der Waals surface area contributed by atoms with Crippen LogP contribution in [-0.2, 0) is 9.59 Å². The number of carbonyl (C=O) groups excluding carboxylic acids is 1. The molecule has 126 valence electrons. The van der Waals surface area contributed by atoms with Crippen LogP contribution in [0.25, 0.3) is 0 Å². The van der Waals surface area contributed by atoms with Crippen LogP contribution >= 0.6 is 0 Å². The number of benzene rings is 1. The topological polar surface area (TPSA) is 70.1 Å². The van der Waals surface area contributed by atoms with E-state index in [4.69, 9.17) is 9.84 Å². The molecule has 1 aliphatic rings. The first kappa shape index (κ1) is 17.1. The first-order valence-corrected chi connectivity index (χ1v) is 7.99. The van der Waals surface area contributed by atoms with Crippen molar-refractivity contribution in [3.8, 4) is 5.75 Å². The minimum absolute atomic E-state index is 0.0831. The van der Waals surface area contributed by atoms with E-state index in [1.165, 1.54) is 0 Å². The lowest BCUT2D eigenvalue weighted by atomic mass is 10.1. The molecule has 1 aromatic rings. The number of unbranched alkanes of at least 4 members (excludes halogenated alkanes) is 1. The average Bonchev–Trinajstić information content (AvgIpc) is 2.52. The maximum Gasteiger partial charge on any atom is 0.305 e. The van der Waals surface area contributed by atoms with Crippen molar-refractivity contribution >= 4 is 23.3 Å². The maximum atomic E-state index is 12.1. The Labute approximate surface area is 136 Å². The highest BCUT2D eigenvalue weighted by Gasteiger charge is 2.29. The van der Waals surface area contributed by atoms with Gasteiger partial charge in [0.1, 0.15) is 5.75 Å². The molecule has 0 radical (unpaired) electrons. The number of hydrogen-bond acceptors (Lipinski definition) is 4. The van der Waals surface area contributed by atoms with Crippen molar-refractivity contribution in [2.45, 2.75) is 39.2 Å². The Morgan fingerprint density at radius 1 is 1.39 bits per heavy atom. The summed E-state index contributed by atoms with van der Waals surface area (Å²) < 4.78 is 5.62. The molecular weight excluding hydrogens is 296 g/mol. The summed E-state index contributed by atoms with van der Waals surface area (Å²) in [4.78, 5) is 26.6. The van der Waals surface area contributed by atoms with E-state index in [2.05, 4.69) is 6.92 Å². The van der Waals surface area contributed by atoms with Gasteiger partial charge in [-0.15, -0.1) is 0 Å². The number of carboxylic acid groups (broad SMARTS) is 1. The van der Waals surface area contributed by atoms with Gasteiger partial charge in [0, 0.05) is 25.8 Å². The predicted octanol–water partition coefficient (Wildman–Crippen LogP) is 2.51. The number of ether oxygens (including phenoxy) is 1. The molecule has 1 N–H and O–H groups in total. The van der Waals surface area contributed by atoms with Crippen molar-refractivity contribution in [1.82, 2.24) is 0 Å². The Hall–Kier alpha value is -2.24. The van der Waals surface area contributed by atoms with E-state index in [1.54, 1.807) is 18.9 Å². The first-order chi connectivity index (χ1) is 10.9. The highest BCUT2D eigenvalue weighted by molar-refractivity contribution is 5.99. The van der Waals surface area contributed by atoms with Gasteiger partial charge in [0.25, 0.3) is 5.91 Å². The Kier molecular flexibility index (Phi) is 5.47. The number of hydrogen-bond donors (Lipinski definition) is 1. The summed E-state index contributed by atoms with van der Waals surface area (Å²) in [5.74, 6) is -0.216. The monoisotopic (exact) mass is 320 g/mol. The molecule has 1 amide bonds. The number of rotatable bonds is 7. The third kappa shape index (κ3) is 3.94. The van der Waals surface area contributed by atoms with Crippen LogP contribution in [0, 0.1) is 0 Å². The molecular formula is C17H24N2O4. The van der Waals surface area contributed by atoms with E-state index in [0.717, 1.165) is 30.8 Å². The normalized spacial score (nSPS) is 16.7. The van der Waals surface area contributed by atoms with Crippen molar-refractivity contribution in [3.63, 3.8) is 0 Å². The van der Waals surface area contributed by atoms with Crippen molar-refractivity contribution in [2.75, 3.05) is 29.9 Å². The second kappa shape index (κ2) is 7.35. The Bertz CT molecular complexity index is 588. The molecule has 0 spiro atoms. The van der Waals surface area contributed by atoms with Gasteiger partial charge < -0.3 is 19.6 Å². The van der Waals surface area contributed by atoms with E-state index >= 15 is 0 Å². The summed E-state index contributed by atoms with van der Waals surface area (Å²) in [5, 5.41) is 8.93. The summed E-state index contributed by atoms with van der Waals surface area (Å²) in [6, 6.07) is 5.67. The number of aliphatic carboxylic acids is 1. The molecule has 1 unspecified atom stereocenters. The molecule has 1 aliphatic heterocycles. The second-order valence-electron chi connectivity index (χ2n) is 5.79. The lowest BCUT2D eigenvalue weighted by Crippen LogP contribution is -2.42. The summed E-state index contributed by atoms with van der Waals surface area (Å²) in [6.07, 6.45) is 1.62. The van der Waals surface area contributed by atoms with Gasteiger partial charge in [0.05, 0.1) is 12.1 Å². The van der Waals surface area contributed by atoms with Crippen molar-refractivity contribution < 1.29 is 19.4 Å². The average molecular weight is 320 g/mol. The third-order valence-corrected chi connectivity index (χ3v) is 4.03. The van der Waals surface area contributed by atoms with Crippen molar-refractivity contribution in [3.05, 3.63) is 18.2 Å². The molecule has 1 atom stereocenters. The van der Waals surface area contributed by atoms with Crippen LogP contribution in [0.3, 0.4) is 0 Å². The lowest BCUT2D eigenvalue weighted by Gasteiger charge is -2.32. The number of carboxylic acids is 1. The minimum Gasteiger partial charge on any atom is -0.481 e. The number of anilines is 2. The zero-order valence-electron chi connectivity index (χ0n) is 13.9. The second-order valence-corrected chi connectivity index (χ2v) is 5.79. The van der Waals surface area contributed by atoms with Crippen LogP contribution in [0.4, 0.5) is 11.4 Å². The zero-order valence-corrected chi connectivity index (χ0v) is 13.9. The van der Waals surface area contributed by atoms with Crippen LogP contribution in [0.5, 0.6) is 5.75 Å². The van der Waals surface area contributed by atoms with Crippen molar-refractivity contribution in [2.24, 2.45) is 0 Å². The van der Waals surface area contributed by atoms with Gasteiger partial charge in [-0.3, -0.25) is 9.59 Å². The van der Waals surface area contributed by atoms with E-state index in [1.807, 2.05) is 23.1 Å². The maximum absolute atomic E-state index is 12.1. The predicted molar refractivity (Wildman–Crippen MR) is 89.3 cm³/mol. The fourth-order valence-electron chi connectivity index (χ4n) is 2.65. The molecule has 0 aliphatic carbocycles. The van der Waals surface area contributed by atoms with Gasteiger partial charge in [0.2, 0.25) is 0 Å². The van der Waals surface area contributed by atoms with Gasteiger partial charge in [-0.1, -0.05) is 13.3 Å². The van der Waals surface area contributed by atoms with Gasteiger partial charge in [0.15, 0.2) is 6.10 Å². The molecule has 0 bridgehead atoms. The molecule has 0 aromatic heterocycles. The van der Waals surface area contributed by atoms with E-state index < -0.39 is 12.1 Å². The SMILES string of the molecule is CCCCN(CCC(=O)O)c1ccc2c(c1)N(C)C(=O)C(C)O2. The molecule has 1 heterocycles. The Balaban J connectivity index is 2.26. The molecule has 6 heteroatoms. The zero-order chi connectivity index (χ0) is 17.0. The first-order valence-electron chi connectivity index (χ1n) is 7.99. The molecule has 1 aromatic carbocycles. The van der Waals surface area contributed by atoms with Crippen molar-refractivity contribution in [1.29, 1.82) is 0 Å². The molecule has 6 nitrogen and oxygen atoms in total. The summed E-state index contributed by atoms with van der Waals surface area (Å²) in [5.41, 5.74) is 1.64. The van der Waals surface area contributed by atoms with Crippen LogP contribution < -0.4 is 14.5 Å². The van der Waals surface area contributed by atoms with Crippen LogP contribution in [0.15, 0.2) is 18.2 Å². The van der Waals surface area contributed by atoms with Gasteiger partial charge >= 0.3 is 5.97 Å². The van der Waals surface area contributed by atoms with Gasteiger partial charge in [-0.25, -0.2) is 0 Å². The quantitative estimate of drug-likeness (QED) is 0.836. The van der Waals surface area contributed by atoms with E-state index in [9.17, 15) is 9.59 Å². The Morgan fingerprint density at radius 3 is 2.78 bits per heavy atom. The highest BCUT2D eigenvalue weighted by atomic mass is 16.5. The smallest absolute Gasteiger partial charge is 0.305 e. The summed E-state index contributed by atoms with van der Waals surface area (Å²) in [6.45, 7) is 5.07. The van der Waals surface area contributed by atoms with Gasteiger partial charge in [-0.05, 0) is 31.5 Å². The lowest BCUT2D eigenvalue weighted by molar-refractivity contribution is -0.136. The fraction of sp³-hybridized carbons (Fsp3) is 0.529. The molecule has 2 rings (SSSR count). The van der Waals surface area contributed by atoms with E-state index in [0.29, 0.717) is 12.3 Å². The molecule has 0 saturated heterocycles. The summed E-state index contributed by atoms with van der Waals surface area (Å²) in [7, 11) is 1.73. The number of carbonyl (C=O) groups is 2. The van der Waals surface area contributed by atoms with Crippen LogP contribution in [0.1, 0.15) is 33.1 Å². The van der Waals surface area contributed by atoms with Gasteiger partial charge in [-0.2, -0.15) is 0 Å². The standard InChI is InChI=1S/C17H24N2O4/c1-4-5-9-19(10-8-16(20)21)13-6-7-15-14(11-13)18(3)17(22)12(2)23-15/h6-7,11-12H,4-5,8-10H2,1-3H3,(H,20,21). The largest absolute Gasteiger partial charge is 0.481 e. The minimum atomic E-state index is -0.811.